The van der Waals surface area contributed by atoms with Crippen LogP contribution in [0.15, 0.2) is 40.3 Å². The molecule has 36 heavy (non-hydrogen) atoms. The Labute approximate surface area is 224 Å². The van der Waals surface area contributed by atoms with Gasteiger partial charge in [-0.2, -0.15) is 0 Å². The fourth-order valence-electron chi connectivity index (χ4n) is 5.77. The van der Waals surface area contributed by atoms with Crippen molar-refractivity contribution in [1.29, 1.82) is 0 Å². The number of benzene rings is 1. The van der Waals surface area contributed by atoms with Gasteiger partial charge in [0.2, 0.25) is 6.17 Å². The average Bonchev–Trinajstić information content (AvgIpc) is 3.44. The van der Waals surface area contributed by atoms with Gasteiger partial charge in [-0.1, -0.05) is 170 Å². The van der Waals surface area contributed by atoms with Gasteiger partial charge in [0.1, 0.15) is 0 Å². The van der Waals surface area contributed by atoms with Crippen LogP contribution in [-0.4, -0.2) is 12.4 Å². The highest BCUT2D eigenvalue weighted by atomic mass is 15.0. The summed E-state index contributed by atoms with van der Waals surface area (Å²) in [5.74, 6) is 1.15. The smallest absolute Gasteiger partial charge is 0.0965 e. The number of hydrogen-bond donors (Lipinski definition) is 0. The zero-order valence-corrected chi connectivity index (χ0v) is 23.9. The van der Waals surface area contributed by atoms with E-state index in [1.54, 1.807) is 0 Å². The molecule has 0 amide bonds. The van der Waals surface area contributed by atoms with Crippen molar-refractivity contribution in [2.45, 2.75) is 149 Å². The second-order valence-electron chi connectivity index (χ2n) is 11.2. The third kappa shape index (κ3) is 14.2. The fourth-order valence-corrected chi connectivity index (χ4v) is 5.77. The summed E-state index contributed by atoms with van der Waals surface area (Å²) in [5.41, 5.74) is 1.47. The molecule has 0 bridgehead atoms. The summed E-state index contributed by atoms with van der Waals surface area (Å²) >= 11 is 0. The second kappa shape index (κ2) is 21.5. The Morgan fingerprint density at radius 2 is 1.00 bits per heavy atom. The molecular formula is C34H57N2+. The van der Waals surface area contributed by atoms with Gasteiger partial charge in [0, 0.05) is 0 Å². The van der Waals surface area contributed by atoms with Crippen LogP contribution >= 0.6 is 0 Å². The van der Waals surface area contributed by atoms with Gasteiger partial charge in [-0.25, -0.2) is 0 Å². The Morgan fingerprint density at radius 1 is 0.556 bits per heavy atom. The number of nitrogens with zero attached hydrogens (tertiary/aromatic N) is 2. The Hall–Kier alpha value is -1.57. The molecule has 1 aliphatic rings. The summed E-state index contributed by atoms with van der Waals surface area (Å²) < 4.78 is 0. The van der Waals surface area contributed by atoms with E-state index in [1.807, 2.05) is 12.4 Å². The minimum Gasteiger partial charge on any atom is -0.0965 e. The molecule has 2 unspecified atom stereocenters. The highest BCUT2D eigenvalue weighted by Gasteiger charge is 2.35. The van der Waals surface area contributed by atoms with Crippen LogP contribution in [0.25, 0.3) is 0 Å². The Balaban J connectivity index is 1.81. The first-order chi connectivity index (χ1) is 17.8. The van der Waals surface area contributed by atoms with Gasteiger partial charge in [-0.15, -0.1) is 0 Å². The minimum absolute atomic E-state index is 0.499. The van der Waals surface area contributed by atoms with Crippen LogP contribution in [0.3, 0.4) is 0 Å². The molecule has 0 saturated carbocycles. The Morgan fingerprint density at radius 3 is 1.50 bits per heavy atom. The summed E-state index contributed by atoms with van der Waals surface area (Å²) in [6, 6.07) is 11.1. The van der Waals surface area contributed by atoms with Crippen molar-refractivity contribution in [2.75, 3.05) is 0 Å². The molecule has 0 saturated heterocycles. The average molecular weight is 494 g/mol. The monoisotopic (exact) mass is 493 g/mol. The van der Waals surface area contributed by atoms with Crippen molar-refractivity contribution in [2.24, 2.45) is 21.8 Å². The van der Waals surface area contributed by atoms with E-state index in [4.69, 9.17) is 9.98 Å². The zero-order valence-electron chi connectivity index (χ0n) is 23.9. The molecule has 1 aliphatic heterocycles. The lowest BCUT2D eigenvalue weighted by Gasteiger charge is -2.26. The minimum atomic E-state index is 0.499. The standard InChI is InChI=1S/C34H57N2/c1-3-5-7-9-11-13-14-15-17-22-26-32(30-31-24-20-19-21-25-31)33(34-35-28-29-36-34)27-23-18-16-12-10-8-6-4-2/h19-21,24-25,28-29,32-33H,3-18,22-23,26-27,30H2,1-2H3/q+1. The molecular weight excluding hydrogens is 436 g/mol. The topological polar surface area (TPSA) is 24.7 Å². The van der Waals surface area contributed by atoms with Crippen molar-refractivity contribution in [3.05, 3.63) is 42.1 Å². The summed E-state index contributed by atoms with van der Waals surface area (Å²) in [6.07, 6.45) is 33.7. The maximum atomic E-state index is 4.72. The van der Waals surface area contributed by atoms with Crippen LogP contribution in [0, 0.1) is 18.0 Å². The highest BCUT2D eigenvalue weighted by Crippen LogP contribution is 2.37. The van der Waals surface area contributed by atoms with E-state index < -0.39 is 0 Å². The van der Waals surface area contributed by atoms with E-state index in [1.165, 1.54) is 134 Å². The first kappa shape index (κ1) is 30.7. The summed E-state index contributed by atoms with van der Waals surface area (Å²) in [5, 5.41) is 0. The van der Waals surface area contributed by atoms with Gasteiger partial charge in [0.25, 0.3) is 0 Å². The molecule has 1 aromatic rings. The second-order valence-corrected chi connectivity index (χ2v) is 11.2. The van der Waals surface area contributed by atoms with E-state index >= 15 is 0 Å². The molecule has 2 atom stereocenters. The molecule has 2 heteroatoms. The number of unbranched alkanes of at least 4 members (excludes halogenated alkanes) is 16. The van der Waals surface area contributed by atoms with Gasteiger partial charge >= 0.3 is 0 Å². The summed E-state index contributed by atoms with van der Waals surface area (Å²) in [6.45, 7) is 4.60. The number of rotatable bonds is 24. The third-order valence-electron chi connectivity index (χ3n) is 8.02. The first-order valence-corrected chi connectivity index (χ1v) is 15.8. The van der Waals surface area contributed by atoms with Gasteiger partial charge in [-0.05, 0) is 30.7 Å². The van der Waals surface area contributed by atoms with Gasteiger partial charge in [0.15, 0.2) is 12.4 Å². The SMILES string of the molecule is CCCCCCCCCCCCC(Cc1ccccc1)C(CCCCCCCCCC)[C+]1N=CC=N1. The number of hydrogen-bond acceptors (Lipinski definition) is 2. The molecule has 0 N–H and O–H groups in total. The third-order valence-corrected chi connectivity index (χ3v) is 8.02. The van der Waals surface area contributed by atoms with Crippen molar-refractivity contribution in [3.63, 3.8) is 0 Å². The van der Waals surface area contributed by atoms with Crippen molar-refractivity contribution in [1.82, 2.24) is 0 Å². The Kier molecular flexibility index (Phi) is 18.3. The summed E-state index contributed by atoms with van der Waals surface area (Å²) in [7, 11) is 0. The first-order valence-electron chi connectivity index (χ1n) is 15.8. The normalized spacial score (nSPS) is 14.6. The van der Waals surface area contributed by atoms with E-state index in [0.717, 1.165) is 12.6 Å². The van der Waals surface area contributed by atoms with Crippen LogP contribution in [0.2, 0.25) is 0 Å². The largest absolute Gasteiger partial charge is 0.244 e. The lowest BCUT2D eigenvalue weighted by atomic mass is 9.78. The van der Waals surface area contributed by atoms with Gasteiger partial charge in [0.05, 0.1) is 5.92 Å². The highest BCUT2D eigenvalue weighted by molar-refractivity contribution is 6.18. The van der Waals surface area contributed by atoms with Crippen LogP contribution < -0.4 is 0 Å². The molecule has 0 aromatic heterocycles. The molecule has 1 heterocycles. The molecule has 2 rings (SSSR count). The predicted octanol–water partition coefficient (Wildman–Crippen LogP) is 10.9. The molecule has 0 aliphatic carbocycles. The molecule has 0 radical (unpaired) electrons. The van der Waals surface area contributed by atoms with E-state index in [9.17, 15) is 0 Å². The molecule has 2 nitrogen and oxygen atoms in total. The van der Waals surface area contributed by atoms with Gasteiger partial charge < -0.3 is 0 Å². The van der Waals surface area contributed by atoms with E-state index in [-0.39, 0.29) is 0 Å². The van der Waals surface area contributed by atoms with Crippen LogP contribution in [0.4, 0.5) is 0 Å². The van der Waals surface area contributed by atoms with Crippen molar-refractivity contribution in [3.8, 4) is 0 Å². The van der Waals surface area contributed by atoms with E-state index in [2.05, 4.69) is 44.2 Å². The van der Waals surface area contributed by atoms with Crippen LogP contribution in [-0.2, 0) is 6.42 Å². The zero-order chi connectivity index (χ0) is 25.5. The Bertz CT molecular complexity index is 653. The molecule has 1 aromatic carbocycles. The molecule has 202 valence electrons. The lowest BCUT2D eigenvalue weighted by Crippen LogP contribution is -2.22. The predicted molar refractivity (Wildman–Crippen MR) is 161 cm³/mol. The van der Waals surface area contributed by atoms with Crippen LogP contribution in [0.5, 0.6) is 0 Å². The maximum absolute atomic E-state index is 4.72. The number of aliphatic imine (C=N–C) groups is 2. The van der Waals surface area contributed by atoms with Crippen LogP contribution in [0.1, 0.15) is 148 Å². The van der Waals surface area contributed by atoms with Crippen molar-refractivity contribution >= 4 is 12.4 Å². The summed E-state index contributed by atoms with van der Waals surface area (Å²) in [4.78, 5) is 9.43. The molecule has 0 fully saturated rings. The fraction of sp³-hybridized carbons (Fsp3) is 0.735. The van der Waals surface area contributed by atoms with E-state index in [0.29, 0.717) is 11.8 Å². The molecule has 0 spiro atoms. The van der Waals surface area contributed by atoms with Gasteiger partial charge in [-0.3, -0.25) is 0 Å². The lowest BCUT2D eigenvalue weighted by molar-refractivity contribution is 0.284. The van der Waals surface area contributed by atoms with Crippen molar-refractivity contribution < 1.29 is 0 Å². The quantitative estimate of drug-likeness (QED) is 0.101. The maximum Gasteiger partial charge on any atom is 0.244 e.